The molecule has 0 spiro atoms. The maximum absolute atomic E-state index is 4.80. The minimum absolute atomic E-state index is 0.731. The van der Waals surface area contributed by atoms with E-state index in [4.69, 9.17) is 4.98 Å². The summed E-state index contributed by atoms with van der Waals surface area (Å²) in [7, 11) is 0. The van der Waals surface area contributed by atoms with E-state index in [9.17, 15) is 0 Å². The van der Waals surface area contributed by atoms with E-state index in [1.165, 1.54) is 5.56 Å². The second-order valence-corrected chi connectivity index (χ2v) is 6.23. The van der Waals surface area contributed by atoms with Crippen LogP contribution in [0.1, 0.15) is 5.56 Å². The van der Waals surface area contributed by atoms with Gasteiger partial charge in [0.1, 0.15) is 0 Å². The van der Waals surface area contributed by atoms with Crippen molar-refractivity contribution in [2.24, 2.45) is 0 Å². The van der Waals surface area contributed by atoms with Gasteiger partial charge in [-0.1, -0.05) is 36.4 Å². The highest BCUT2D eigenvalue weighted by atomic mass is 32.1. The van der Waals surface area contributed by atoms with Gasteiger partial charge in [-0.2, -0.15) is 12.6 Å². The number of hydrogen-bond donors (Lipinski definition) is 1. The molecule has 0 atom stereocenters. The van der Waals surface area contributed by atoms with Gasteiger partial charge in [0.2, 0.25) is 0 Å². The molecule has 0 fully saturated rings. The summed E-state index contributed by atoms with van der Waals surface area (Å²) in [6, 6.07) is 24.3. The second kappa shape index (κ2) is 7.50. The Morgan fingerprint density at radius 3 is 1.65 bits per heavy atom. The van der Waals surface area contributed by atoms with Crippen molar-refractivity contribution in [2.75, 3.05) is 0 Å². The third-order valence-corrected chi connectivity index (χ3v) is 4.51. The van der Waals surface area contributed by atoms with Gasteiger partial charge in [0.25, 0.3) is 0 Å². The standard InChI is InChI=1S/C22H17N3S/c26-15-16-7-9-17(10-8-16)18-13-21(19-5-1-3-11-23-19)25-22(14-18)20-6-2-4-12-24-20/h1-14,26H,15H2. The molecule has 3 heterocycles. The van der Waals surface area contributed by atoms with Crippen LogP contribution >= 0.6 is 12.6 Å². The van der Waals surface area contributed by atoms with Crippen LogP contribution < -0.4 is 0 Å². The minimum atomic E-state index is 0.731. The van der Waals surface area contributed by atoms with Gasteiger partial charge in [-0.15, -0.1) is 0 Å². The van der Waals surface area contributed by atoms with E-state index in [1.807, 2.05) is 36.4 Å². The molecule has 0 radical (unpaired) electrons. The van der Waals surface area contributed by atoms with Crippen LogP contribution in [-0.2, 0) is 5.75 Å². The van der Waals surface area contributed by atoms with E-state index in [1.54, 1.807) is 12.4 Å². The van der Waals surface area contributed by atoms with Crippen molar-refractivity contribution in [3.8, 4) is 33.9 Å². The van der Waals surface area contributed by atoms with Gasteiger partial charge in [0.05, 0.1) is 22.8 Å². The van der Waals surface area contributed by atoms with Crippen LogP contribution in [0.5, 0.6) is 0 Å². The molecule has 0 saturated heterocycles. The van der Waals surface area contributed by atoms with Gasteiger partial charge in [-0.05, 0) is 53.1 Å². The lowest BCUT2D eigenvalue weighted by atomic mass is 10.0. The van der Waals surface area contributed by atoms with Crippen molar-refractivity contribution in [3.05, 3.63) is 90.8 Å². The van der Waals surface area contributed by atoms with E-state index < -0.39 is 0 Å². The van der Waals surface area contributed by atoms with Crippen LogP contribution in [0.2, 0.25) is 0 Å². The number of hydrogen-bond acceptors (Lipinski definition) is 4. The second-order valence-electron chi connectivity index (χ2n) is 5.91. The van der Waals surface area contributed by atoms with Gasteiger partial charge in [-0.25, -0.2) is 4.98 Å². The fourth-order valence-corrected chi connectivity index (χ4v) is 3.00. The Bertz CT molecular complexity index is 943. The molecule has 0 unspecified atom stereocenters. The number of thiol groups is 1. The van der Waals surface area contributed by atoms with E-state index in [-0.39, 0.29) is 0 Å². The summed E-state index contributed by atoms with van der Waals surface area (Å²) in [4.78, 5) is 13.7. The molecule has 0 aliphatic carbocycles. The molecule has 0 aliphatic heterocycles. The molecule has 4 heteroatoms. The maximum atomic E-state index is 4.80. The first-order valence-electron chi connectivity index (χ1n) is 8.38. The van der Waals surface area contributed by atoms with E-state index in [2.05, 4.69) is 59.0 Å². The van der Waals surface area contributed by atoms with Crippen LogP contribution in [-0.4, -0.2) is 15.0 Å². The first-order valence-corrected chi connectivity index (χ1v) is 9.02. The molecular formula is C22H17N3S. The maximum Gasteiger partial charge on any atom is 0.0900 e. The van der Waals surface area contributed by atoms with Gasteiger partial charge in [-0.3, -0.25) is 9.97 Å². The van der Waals surface area contributed by atoms with E-state index >= 15 is 0 Å². The monoisotopic (exact) mass is 355 g/mol. The molecule has 3 nitrogen and oxygen atoms in total. The molecular weight excluding hydrogens is 338 g/mol. The van der Waals surface area contributed by atoms with Crippen LogP contribution in [0.3, 0.4) is 0 Å². The lowest BCUT2D eigenvalue weighted by molar-refractivity contribution is 1.22. The normalized spacial score (nSPS) is 10.7. The summed E-state index contributed by atoms with van der Waals surface area (Å²) in [5.74, 6) is 0.731. The molecule has 26 heavy (non-hydrogen) atoms. The molecule has 0 saturated carbocycles. The van der Waals surface area contributed by atoms with Gasteiger partial charge in [0, 0.05) is 18.1 Å². The fourth-order valence-electron chi connectivity index (χ4n) is 2.79. The Kier molecular flexibility index (Phi) is 4.75. The average molecular weight is 355 g/mol. The van der Waals surface area contributed by atoms with Gasteiger partial charge >= 0.3 is 0 Å². The number of benzene rings is 1. The number of rotatable bonds is 4. The summed E-state index contributed by atoms with van der Waals surface area (Å²) in [5, 5.41) is 0. The topological polar surface area (TPSA) is 38.7 Å². The molecule has 0 amide bonds. The zero-order valence-electron chi connectivity index (χ0n) is 14.1. The van der Waals surface area contributed by atoms with E-state index in [0.29, 0.717) is 0 Å². The highest BCUT2D eigenvalue weighted by molar-refractivity contribution is 7.79. The van der Waals surface area contributed by atoms with Gasteiger partial charge in [0.15, 0.2) is 0 Å². The lowest BCUT2D eigenvalue weighted by Gasteiger charge is -2.09. The van der Waals surface area contributed by atoms with Gasteiger partial charge < -0.3 is 0 Å². The molecule has 3 aromatic heterocycles. The number of aromatic nitrogens is 3. The summed E-state index contributed by atoms with van der Waals surface area (Å²) < 4.78 is 0. The molecule has 0 N–H and O–H groups in total. The average Bonchev–Trinajstić information content (AvgIpc) is 2.75. The SMILES string of the molecule is SCc1ccc(-c2cc(-c3ccccn3)nc(-c3ccccn3)c2)cc1. The molecule has 126 valence electrons. The first kappa shape index (κ1) is 16.5. The van der Waals surface area contributed by atoms with Crippen molar-refractivity contribution in [1.82, 2.24) is 15.0 Å². The van der Waals surface area contributed by atoms with Crippen LogP contribution in [0.25, 0.3) is 33.9 Å². The first-order chi connectivity index (χ1) is 12.8. The summed E-state index contributed by atoms with van der Waals surface area (Å²) in [6.07, 6.45) is 3.57. The largest absolute Gasteiger partial charge is 0.255 e. The molecule has 0 bridgehead atoms. The Morgan fingerprint density at radius 1 is 0.615 bits per heavy atom. The Hall–Kier alpha value is -2.98. The smallest absolute Gasteiger partial charge is 0.0900 e. The van der Waals surface area contributed by atoms with Crippen LogP contribution in [0, 0.1) is 0 Å². The predicted octanol–water partition coefficient (Wildman–Crippen LogP) is 5.30. The zero-order valence-corrected chi connectivity index (χ0v) is 15.0. The summed E-state index contributed by atoms with van der Waals surface area (Å²) >= 11 is 4.33. The minimum Gasteiger partial charge on any atom is -0.255 e. The Labute approximate surface area is 158 Å². The number of nitrogens with zero attached hydrogens (tertiary/aromatic N) is 3. The lowest BCUT2D eigenvalue weighted by Crippen LogP contribution is -1.94. The summed E-state index contributed by atoms with van der Waals surface area (Å²) in [6.45, 7) is 0. The number of pyridine rings is 3. The quantitative estimate of drug-likeness (QED) is 0.505. The van der Waals surface area contributed by atoms with Crippen LogP contribution in [0.4, 0.5) is 0 Å². The van der Waals surface area contributed by atoms with Crippen LogP contribution in [0.15, 0.2) is 85.2 Å². The summed E-state index contributed by atoms with van der Waals surface area (Å²) in [5.41, 5.74) is 6.78. The predicted molar refractivity (Wildman–Crippen MR) is 109 cm³/mol. The molecule has 0 aliphatic rings. The van der Waals surface area contributed by atoms with Crippen molar-refractivity contribution in [1.29, 1.82) is 0 Å². The zero-order chi connectivity index (χ0) is 17.8. The van der Waals surface area contributed by atoms with Crippen molar-refractivity contribution >= 4 is 12.6 Å². The third-order valence-electron chi connectivity index (χ3n) is 4.15. The third kappa shape index (κ3) is 3.51. The molecule has 4 aromatic rings. The Morgan fingerprint density at radius 2 is 1.19 bits per heavy atom. The Balaban J connectivity index is 1.87. The van der Waals surface area contributed by atoms with Crippen molar-refractivity contribution in [3.63, 3.8) is 0 Å². The van der Waals surface area contributed by atoms with Crippen molar-refractivity contribution < 1.29 is 0 Å². The highest BCUT2D eigenvalue weighted by Gasteiger charge is 2.10. The van der Waals surface area contributed by atoms with E-state index in [0.717, 1.165) is 39.7 Å². The molecule has 1 aromatic carbocycles. The fraction of sp³-hybridized carbons (Fsp3) is 0.0455. The highest BCUT2D eigenvalue weighted by Crippen LogP contribution is 2.29. The molecule has 4 rings (SSSR count). The van der Waals surface area contributed by atoms with Crippen molar-refractivity contribution in [2.45, 2.75) is 5.75 Å².